The van der Waals surface area contributed by atoms with E-state index in [0.29, 0.717) is 51.1 Å². The van der Waals surface area contributed by atoms with Gasteiger partial charge in [0, 0.05) is 51.7 Å². The van der Waals surface area contributed by atoms with Crippen LogP contribution in [0.15, 0.2) is 61.4 Å². The Hall–Kier alpha value is -3.92. The smallest absolute Gasteiger partial charge is 0.408 e. The summed E-state index contributed by atoms with van der Waals surface area (Å²) in [7, 11) is 0. The van der Waals surface area contributed by atoms with Gasteiger partial charge in [0.15, 0.2) is 0 Å². The molecule has 1 atom stereocenters. The van der Waals surface area contributed by atoms with Crippen molar-refractivity contribution in [3.63, 3.8) is 0 Å². The number of ether oxygens (including phenoxy) is 2. The molecule has 1 saturated heterocycles. The van der Waals surface area contributed by atoms with Gasteiger partial charge in [-0.3, -0.25) is 19.5 Å². The molecule has 0 saturated carbocycles. The Labute approximate surface area is 243 Å². The minimum absolute atomic E-state index is 0.112. The molecule has 1 aromatic heterocycles. The highest BCUT2D eigenvalue weighted by atomic mass is 16.6. The van der Waals surface area contributed by atoms with E-state index in [-0.39, 0.29) is 11.8 Å². The largest absolute Gasteiger partial charge is 0.490 e. The van der Waals surface area contributed by atoms with Crippen LogP contribution in [0.25, 0.3) is 0 Å². The van der Waals surface area contributed by atoms with Gasteiger partial charge in [-0.25, -0.2) is 4.79 Å². The SMILES string of the molecule is C=CCOc1ccc(CN2CCN(C(=O)C(CCCCNC(=O)c3cccnc3)NC(=O)OC(C)(C)C)CC2)cc1. The summed E-state index contributed by atoms with van der Waals surface area (Å²) in [6.45, 7) is 13.4. The Morgan fingerprint density at radius 2 is 1.80 bits per heavy atom. The van der Waals surface area contributed by atoms with Crippen LogP contribution in [0.3, 0.4) is 0 Å². The number of piperazine rings is 1. The highest BCUT2D eigenvalue weighted by Crippen LogP contribution is 2.16. The second-order valence-electron chi connectivity index (χ2n) is 11.0. The summed E-state index contributed by atoms with van der Waals surface area (Å²) < 4.78 is 11.0. The van der Waals surface area contributed by atoms with Crippen molar-refractivity contribution in [1.82, 2.24) is 25.4 Å². The molecule has 1 aromatic carbocycles. The lowest BCUT2D eigenvalue weighted by atomic mass is 10.1. The van der Waals surface area contributed by atoms with Crippen molar-refractivity contribution in [2.75, 3.05) is 39.3 Å². The van der Waals surface area contributed by atoms with Crippen molar-refractivity contribution in [1.29, 1.82) is 0 Å². The molecule has 222 valence electrons. The molecule has 1 aliphatic rings. The van der Waals surface area contributed by atoms with E-state index in [0.717, 1.165) is 25.4 Å². The van der Waals surface area contributed by atoms with Crippen molar-refractivity contribution < 1.29 is 23.9 Å². The van der Waals surface area contributed by atoms with Gasteiger partial charge in [0.25, 0.3) is 5.91 Å². The maximum atomic E-state index is 13.5. The fourth-order valence-electron chi connectivity index (χ4n) is 4.43. The van der Waals surface area contributed by atoms with Crippen LogP contribution in [-0.4, -0.2) is 83.7 Å². The summed E-state index contributed by atoms with van der Waals surface area (Å²) in [6, 6.07) is 10.7. The van der Waals surface area contributed by atoms with Gasteiger partial charge in [-0.05, 0) is 69.9 Å². The van der Waals surface area contributed by atoms with Gasteiger partial charge in [-0.2, -0.15) is 0 Å². The lowest BCUT2D eigenvalue weighted by molar-refractivity contribution is -0.135. The summed E-state index contributed by atoms with van der Waals surface area (Å²) in [6.07, 6.45) is 5.99. The molecule has 1 unspecified atom stereocenters. The number of nitrogens with zero attached hydrogens (tertiary/aromatic N) is 3. The van der Waals surface area contributed by atoms with Gasteiger partial charge < -0.3 is 25.0 Å². The lowest BCUT2D eigenvalue weighted by Gasteiger charge is -2.36. The first-order valence-corrected chi connectivity index (χ1v) is 14.2. The molecule has 0 radical (unpaired) electrons. The third kappa shape index (κ3) is 11.2. The quantitative estimate of drug-likeness (QED) is 0.281. The highest BCUT2D eigenvalue weighted by Gasteiger charge is 2.30. The molecule has 0 bridgehead atoms. The molecule has 2 aromatic rings. The summed E-state index contributed by atoms with van der Waals surface area (Å²) in [5, 5.41) is 5.66. The number of pyridine rings is 1. The van der Waals surface area contributed by atoms with Gasteiger partial charge in [-0.1, -0.05) is 24.8 Å². The maximum absolute atomic E-state index is 13.5. The van der Waals surface area contributed by atoms with E-state index in [1.807, 2.05) is 17.0 Å². The van der Waals surface area contributed by atoms with Crippen molar-refractivity contribution in [2.45, 2.75) is 58.2 Å². The summed E-state index contributed by atoms with van der Waals surface area (Å²) in [5.74, 6) is 0.509. The Balaban J connectivity index is 1.49. The molecule has 2 N–H and O–H groups in total. The number of benzene rings is 1. The molecular formula is C31H43N5O5. The van der Waals surface area contributed by atoms with Crippen molar-refractivity contribution in [2.24, 2.45) is 0 Å². The van der Waals surface area contributed by atoms with Crippen LogP contribution in [0.1, 0.15) is 56.0 Å². The Morgan fingerprint density at radius 1 is 1.07 bits per heavy atom. The average Bonchev–Trinajstić information content (AvgIpc) is 2.95. The molecule has 10 nitrogen and oxygen atoms in total. The fourth-order valence-corrected chi connectivity index (χ4v) is 4.43. The number of hydrogen-bond donors (Lipinski definition) is 2. The number of alkyl carbamates (subject to hydrolysis) is 1. The van der Waals surface area contributed by atoms with Gasteiger partial charge in [0.05, 0.1) is 5.56 Å². The van der Waals surface area contributed by atoms with Crippen molar-refractivity contribution in [3.05, 3.63) is 72.6 Å². The Morgan fingerprint density at radius 3 is 2.44 bits per heavy atom. The Bertz CT molecular complexity index is 1130. The summed E-state index contributed by atoms with van der Waals surface area (Å²) in [4.78, 5) is 46.3. The first kappa shape index (κ1) is 31.6. The van der Waals surface area contributed by atoms with Gasteiger partial charge in [0.2, 0.25) is 5.91 Å². The van der Waals surface area contributed by atoms with Gasteiger partial charge in [0.1, 0.15) is 24.0 Å². The number of unbranched alkanes of at least 4 members (excludes halogenated alkanes) is 1. The number of rotatable bonds is 13. The molecule has 3 amide bonds. The van der Waals surface area contributed by atoms with Gasteiger partial charge >= 0.3 is 6.09 Å². The molecule has 2 heterocycles. The van der Waals surface area contributed by atoms with E-state index in [1.165, 1.54) is 11.8 Å². The molecular weight excluding hydrogens is 522 g/mol. The number of aromatic nitrogens is 1. The maximum Gasteiger partial charge on any atom is 0.408 e. The van der Waals surface area contributed by atoms with Crippen LogP contribution in [-0.2, 0) is 16.1 Å². The van der Waals surface area contributed by atoms with E-state index in [4.69, 9.17) is 9.47 Å². The Kier molecular flexibility index (Phi) is 12.1. The summed E-state index contributed by atoms with van der Waals surface area (Å²) >= 11 is 0. The van der Waals surface area contributed by atoms with Crippen molar-refractivity contribution in [3.8, 4) is 5.75 Å². The monoisotopic (exact) mass is 565 g/mol. The van der Waals surface area contributed by atoms with Crippen LogP contribution >= 0.6 is 0 Å². The topological polar surface area (TPSA) is 113 Å². The molecule has 3 rings (SSSR count). The number of carbonyl (C=O) groups excluding carboxylic acids is 3. The van der Waals surface area contributed by atoms with E-state index >= 15 is 0 Å². The second-order valence-corrected chi connectivity index (χ2v) is 11.0. The van der Waals surface area contributed by atoms with Crippen LogP contribution < -0.4 is 15.4 Å². The predicted molar refractivity (Wildman–Crippen MR) is 158 cm³/mol. The molecule has 0 aliphatic carbocycles. The lowest BCUT2D eigenvalue weighted by Crippen LogP contribution is -2.55. The predicted octanol–water partition coefficient (Wildman–Crippen LogP) is 3.78. The normalized spacial score (nSPS) is 14.6. The number of amides is 3. The van der Waals surface area contributed by atoms with Crippen LogP contribution in [0.5, 0.6) is 5.75 Å². The summed E-state index contributed by atoms with van der Waals surface area (Å²) in [5.41, 5.74) is 1.01. The molecule has 1 fully saturated rings. The zero-order valence-electron chi connectivity index (χ0n) is 24.4. The van der Waals surface area contributed by atoms with E-state index in [1.54, 1.807) is 45.2 Å². The zero-order chi connectivity index (χ0) is 29.7. The van der Waals surface area contributed by atoms with E-state index in [2.05, 4.69) is 39.2 Å². The molecule has 41 heavy (non-hydrogen) atoms. The minimum atomic E-state index is -0.700. The third-order valence-electron chi connectivity index (χ3n) is 6.50. The number of carbonyl (C=O) groups is 3. The fraction of sp³-hybridized carbons (Fsp3) is 0.484. The van der Waals surface area contributed by atoms with E-state index < -0.39 is 17.7 Å². The van der Waals surface area contributed by atoms with E-state index in [9.17, 15) is 14.4 Å². The second kappa shape index (κ2) is 15.8. The van der Waals surface area contributed by atoms with Gasteiger partial charge in [-0.15, -0.1) is 0 Å². The van der Waals surface area contributed by atoms with Crippen LogP contribution in [0.4, 0.5) is 4.79 Å². The molecule has 0 spiro atoms. The first-order valence-electron chi connectivity index (χ1n) is 14.2. The third-order valence-corrected chi connectivity index (χ3v) is 6.50. The average molecular weight is 566 g/mol. The molecule has 1 aliphatic heterocycles. The number of nitrogens with one attached hydrogen (secondary N) is 2. The highest BCUT2D eigenvalue weighted by molar-refractivity contribution is 5.93. The number of hydrogen-bond acceptors (Lipinski definition) is 7. The minimum Gasteiger partial charge on any atom is -0.490 e. The van der Waals surface area contributed by atoms with Crippen LogP contribution in [0, 0.1) is 0 Å². The molecule has 10 heteroatoms. The first-order chi connectivity index (χ1) is 19.6. The zero-order valence-corrected chi connectivity index (χ0v) is 24.4. The standard InChI is InChI=1S/C31H43N5O5/c1-5-21-40-26-13-11-24(12-14-26)23-35-17-19-36(20-18-35)29(38)27(34-30(39)41-31(2,3)4)10-6-7-16-33-28(37)25-9-8-15-32-22-25/h5,8-9,11-15,22,27H,1,6-7,10,16-21,23H2,2-4H3,(H,33,37)(H,34,39). The van der Waals surface area contributed by atoms with Crippen LogP contribution in [0.2, 0.25) is 0 Å². The van der Waals surface area contributed by atoms with Crippen molar-refractivity contribution >= 4 is 17.9 Å².